The average molecular weight is 156 g/mol. The summed E-state index contributed by atoms with van der Waals surface area (Å²) in [5, 5.41) is 0. The van der Waals surface area contributed by atoms with Crippen LogP contribution < -0.4 is 0 Å². The third-order valence-electron chi connectivity index (χ3n) is 0. The molecule has 1 nitrogen and oxygen atoms in total. The Morgan fingerprint density at radius 3 is 1.00 bits per heavy atom. The van der Waals surface area contributed by atoms with Crippen molar-refractivity contribution in [2.45, 2.75) is 7.43 Å². The van der Waals surface area contributed by atoms with E-state index in [1.54, 1.807) is 0 Å². The van der Waals surface area contributed by atoms with E-state index in [1.807, 2.05) is 0 Å². The molecule has 0 aliphatic heterocycles. The zero-order chi connectivity index (χ0) is 0. The molecule has 2 N–H and O–H groups in total. The second kappa shape index (κ2) is 47.2. The van der Waals surface area contributed by atoms with Gasteiger partial charge in [-0.05, 0) is 0 Å². The van der Waals surface area contributed by atoms with Crippen LogP contribution in [-0.4, -0.2) is 24.3 Å². The van der Waals surface area contributed by atoms with E-state index in [9.17, 15) is 0 Å². The molecule has 0 aromatic carbocycles. The van der Waals surface area contributed by atoms with Crippen LogP contribution in [-0.2, 0) is 33.6 Å². The quantitative estimate of drug-likeness (QED) is 0.409. The summed E-state index contributed by atoms with van der Waals surface area (Å²) in [4.78, 5) is 0. The molecule has 35 valence electrons. The van der Waals surface area contributed by atoms with E-state index < -0.39 is 0 Å². The monoisotopic (exact) mass is 155 g/mol. The minimum absolute atomic E-state index is 0. The molecule has 0 atom stereocenters. The van der Waals surface area contributed by atoms with Crippen LogP contribution >= 0.6 is 0 Å². The van der Waals surface area contributed by atoms with E-state index in [0.29, 0.717) is 0 Å². The van der Waals surface area contributed by atoms with E-state index in [2.05, 4.69) is 0 Å². The van der Waals surface area contributed by atoms with Crippen LogP contribution in [0.3, 0.4) is 0 Å². The van der Waals surface area contributed by atoms with E-state index >= 15 is 0 Å². The molecule has 0 rings (SSSR count). The zero-order valence-electron chi connectivity index (χ0n) is 1.19. The van der Waals surface area contributed by atoms with Crippen LogP contribution in [0, 0.1) is 0 Å². The zero-order valence-corrected chi connectivity index (χ0v) is 3.36. The molecule has 4 heteroatoms. The molecule has 0 bridgehead atoms. The normalized spacial score (nSPS) is 0. The first-order valence-corrected chi connectivity index (χ1v) is 0. The van der Waals surface area contributed by atoms with Crippen molar-refractivity contribution in [3.05, 3.63) is 0 Å². The Morgan fingerprint density at radius 1 is 1.00 bits per heavy atom. The summed E-state index contributed by atoms with van der Waals surface area (Å²) in [6.45, 7) is 0. The number of hydrogen-bond donors (Lipinski definition) is 0. The Morgan fingerprint density at radius 2 is 1.00 bits per heavy atom. The van der Waals surface area contributed by atoms with Gasteiger partial charge in [-0.15, -0.1) is 0 Å². The van der Waals surface area contributed by atoms with Crippen molar-refractivity contribution < 1.29 is 39.0 Å². The number of rotatable bonds is 0. The SMILES string of the molecule is C.O.[LiH].[Mn].[Ni]. The molecular weight excluding hydrogens is 149 g/mol. The topological polar surface area (TPSA) is 31.5 Å². The fourth-order valence-electron chi connectivity index (χ4n) is 0. The van der Waals surface area contributed by atoms with Crippen LogP contribution in [0.4, 0.5) is 0 Å². The Balaban J connectivity index is 0. The molecular formula is CH7LiMnNiO. The van der Waals surface area contributed by atoms with Crippen molar-refractivity contribution in [1.29, 1.82) is 0 Å². The minimum atomic E-state index is 0. The molecule has 0 aromatic rings. The van der Waals surface area contributed by atoms with Gasteiger partial charge in [-0.2, -0.15) is 0 Å². The van der Waals surface area contributed by atoms with E-state index in [4.69, 9.17) is 0 Å². The van der Waals surface area contributed by atoms with Gasteiger partial charge >= 0.3 is 18.9 Å². The molecule has 0 saturated heterocycles. The van der Waals surface area contributed by atoms with Crippen LogP contribution in [0.5, 0.6) is 0 Å². The molecule has 0 unspecified atom stereocenters. The smallest absolute Gasteiger partial charge is 0 e. The Hall–Kier alpha value is 1.57. The molecule has 0 aromatic heterocycles. The van der Waals surface area contributed by atoms with Gasteiger partial charge < -0.3 is 5.48 Å². The summed E-state index contributed by atoms with van der Waals surface area (Å²) in [5.41, 5.74) is 0. The standard InChI is InChI=1S/CH4.Li.Mn.Ni.H2O.H/h1H4;;;;1H2;. The summed E-state index contributed by atoms with van der Waals surface area (Å²) >= 11 is 0. The van der Waals surface area contributed by atoms with Gasteiger partial charge in [0.1, 0.15) is 0 Å². The average Bonchev–Trinajstić information content (AvgIpc) is 0. The maximum Gasteiger partial charge on any atom is 0 e. The first kappa shape index (κ1) is 82.7. The molecule has 0 aliphatic rings. The number of hydrogen-bond acceptors (Lipinski definition) is 0. The van der Waals surface area contributed by atoms with E-state index in [0.717, 1.165) is 0 Å². The van der Waals surface area contributed by atoms with Gasteiger partial charge in [0, 0.05) is 33.6 Å². The van der Waals surface area contributed by atoms with Gasteiger partial charge in [-0.1, -0.05) is 7.43 Å². The van der Waals surface area contributed by atoms with Crippen LogP contribution in [0.2, 0.25) is 0 Å². The molecule has 1 radical (unpaired) electrons. The van der Waals surface area contributed by atoms with Crippen LogP contribution in [0.15, 0.2) is 0 Å². The molecule has 0 heterocycles. The molecule has 0 fully saturated rings. The predicted octanol–water partition coefficient (Wildman–Crippen LogP) is -0.842. The van der Waals surface area contributed by atoms with Crippen molar-refractivity contribution in [2.24, 2.45) is 0 Å². The maximum atomic E-state index is 0. The van der Waals surface area contributed by atoms with Gasteiger partial charge in [0.05, 0.1) is 0 Å². The van der Waals surface area contributed by atoms with Gasteiger partial charge in [-0.3, -0.25) is 0 Å². The van der Waals surface area contributed by atoms with Gasteiger partial charge in [0.15, 0.2) is 0 Å². The van der Waals surface area contributed by atoms with Crippen LogP contribution in [0.1, 0.15) is 7.43 Å². The van der Waals surface area contributed by atoms with Gasteiger partial charge in [0.2, 0.25) is 0 Å². The second-order valence-electron chi connectivity index (χ2n) is 0. The predicted molar refractivity (Wildman–Crippen MR) is 17.5 cm³/mol. The van der Waals surface area contributed by atoms with Gasteiger partial charge in [-0.25, -0.2) is 0 Å². The Kier molecular flexibility index (Phi) is 780. The van der Waals surface area contributed by atoms with Gasteiger partial charge in [0.25, 0.3) is 0 Å². The summed E-state index contributed by atoms with van der Waals surface area (Å²) in [7, 11) is 0. The largest absolute Gasteiger partial charge is 0 e. The molecule has 0 spiro atoms. The van der Waals surface area contributed by atoms with Crippen molar-refractivity contribution in [1.82, 2.24) is 0 Å². The third-order valence-corrected chi connectivity index (χ3v) is 0. The first-order chi connectivity index (χ1) is 0. The third kappa shape index (κ3) is 28.8. The summed E-state index contributed by atoms with van der Waals surface area (Å²) in [5.74, 6) is 0. The fraction of sp³-hybridized carbons (Fsp3) is 1.00. The summed E-state index contributed by atoms with van der Waals surface area (Å²) in [6.07, 6.45) is 0. The molecule has 0 aliphatic carbocycles. The van der Waals surface area contributed by atoms with E-state index in [-0.39, 0.29) is 65.3 Å². The fourth-order valence-corrected chi connectivity index (χ4v) is 0. The Labute approximate surface area is 65.2 Å². The molecule has 0 amide bonds. The minimum Gasteiger partial charge on any atom is 0 e. The Bertz CT molecular complexity index is 11.6. The van der Waals surface area contributed by atoms with Crippen LogP contribution in [0.25, 0.3) is 0 Å². The van der Waals surface area contributed by atoms with Crippen molar-refractivity contribution in [3.8, 4) is 0 Å². The van der Waals surface area contributed by atoms with Crippen molar-refractivity contribution in [2.75, 3.05) is 0 Å². The van der Waals surface area contributed by atoms with E-state index in [1.165, 1.54) is 0 Å². The molecule has 0 saturated carbocycles. The summed E-state index contributed by atoms with van der Waals surface area (Å²) in [6, 6.07) is 0. The van der Waals surface area contributed by atoms with Crippen molar-refractivity contribution in [3.63, 3.8) is 0 Å². The van der Waals surface area contributed by atoms with Crippen molar-refractivity contribution >= 4 is 18.9 Å². The first-order valence-electron chi connectivity index (χ1n) is 0. The maximum absolute atomic E-state index is 0. The molecule has 5 heavy (non-hydrogen) atoms. The second-order valence-corrected chi connectivity index (χ2v) is 0. The summed E-state index contributed by atoms with van der Waals surface area (Å²) < 4.78 is 0.